The van der Waals surface area contributed by atoms with Gasteiger partial charge in [0.1, 0.15) is 11.6 Å². The minimum atomic E-state index is -1.08. The maximum absolute atomic E-state index is 12.9. The Hall–Kier alpha value is -3.38. The molecule has 1 aromatic heterocycles. The summed E-state index contributed by atoms with van der Waals surface area (Å²) in [6.07, 6.45) is 1.40. The van der Waals surface area contributed by atoms with E-state index in [1.54, 1.807) is 27.7 Å². The molecule has 2 heterocycles. The second kappa shape index (κ2) is 11.7. The van der Waals surface area contributed by atoms with Crippen LogP contribution in [0.15, 0.2) is 0 Å². The van der Waals surface area contributed by atoms with E-state index in [9.17, 15) is 19.7 Å². The van der Waals surface area contributed by atoms with Crippen LogP contribution < -0.4 is 15.4 Å². The molecular formula is C21H34N6O7. The average Bonchev–Trinajstić information content (AvgIpc) is 2.95. The number of amides is 1. The molecule has 1 amide bonds. The third-order valence-corrected chi connectivity index (χ3v) is 4.86. The summed E-state index contributed by atoms with van der Waals surface area (Å²) in [6.45, 7) is 9.59. The Labute approximate surface area is 198 Å². The third-order valence-electron chi connectivity index (χ3n) is 4.86. The van der Waals surface area contributed by atoms with Crippen LogP contribution in [0.3, 0.4) is 0 Å². The Morgan fingerprint density at radius 2 is 1.94 bits per heavy atom. The Bertz CT molecular complexity index is 889. The summed E-state index contributed by atoms with van der Waals surface area (Å²) < 4.78 is 16.2. The first-order valence-electron chi connectivity index (χ1n) is 11.3. The highest BCUT2D eigenvalue weighted by Crippen LogP contribution is 2.35. The van der Waals surface area contributed by atoms with Gasteiger partial charge < -0.3 is 29.7 Å². The van der Waals surface area contributed by atoms with Crippen LogP contribution in [-0.4, -0.2) is 76.3 Å². The number of nitrogens with two attached hydrogens (primary N) is 1. The molecule has 0 aromatic carbocycles. The summed E-state index contributed by atoms with van der Waals surface area (Å²) in [5.74, 6) is -1.19. The topological polar surface area (TPSA) is 163 Å². The Balaban J connectivity index is 2.50. The summed E-state index contributed by atoms with van der Waals surface area (Å²) in [4.78, 5) is 47.8. The van der Waals surface area contributed by atoms with Crippen LogP contribution >= 0.6 is 0 Å². The molecule has 2 rings (SSSR count). The number of anilines is 2. The van der Waals surface area contributed by atoms with Gasteiger partial charge in [0.25, 0.3) is 0 Å². The second-order valence-electron chi connectivity index (χ2n) is 8.76. The number of unbranched alkanes of at least 4 members (excludes halogenated alkanes) is 1. The number of hydrogen-bond acceptors (Lipinski definition) is 11. The van der Waals surface area contributed by atoms with Crippen molar-refractivity contribution in [3.63, 3.8) is 0 Å². The lowest BCUT2D eigenvalue weighted by Crippen LogP contribution is -2.49. The van der Waals surface area contributed by atoms with E-state index >= 15 is 0 Å². The SMILES string of the molecule is CCCCOc1nc(N)c([N+](=O)[O-])c(N2CCCN(C(=O)OC(C)(C)C)CC2C(=O)OCC)n1. The Morgan fingerprint density at radius 3 is 2.53 bits per heavy atom. The lowest BCUT2D eigenvalue weighted by molar-refractivity contribution is -0.383. The Kier molecular flexibility index (Phi) is 9.21. The number of nitro groups is 1. The molecule has 0 bridgehead atoms. The van der Waals surface area contributed by atoms with Crippen molar-refractivity contribution >= 4 is 29.4 Å². The van der Waals surface area contributed by atoms with Gasteiger partial charge in [0, 0.05) is 13.1 Å². The van der Waals surface area contributed by atoms with Gasteiger partial charge in [-0.05, 0) is 40.5 Å². The standard InChI is InChI=1S/C21H34N6O7/c1-6-8-12-33-19-23-16(22)15(27(30)31)17(24-19)26-11-9-10-25(20(29)34-21(3,4)5)13-14(26)18(28)32-7-2/h14H,6-13H2,1-5H3,(H2,22,23,24). The number of esters is 1. The van der Waals surface area contributed by atoms with E-state index in [1.807, 2.05) is 6.92 Å². The van der Waals surface area contributed by atoms with Crippen molar-refractivity contribution in [2.75, 3.05) is 43.5 Å². The minimum Gasteiger partial charge on any atom is -0.464 e. The highest BCUT2D eigenvalue weighted by Gasteiger charge is 2.39. The number of carbonyl (C=O) groups excluding carboxylic acids is 2. The van der Waals surface area contributed by atoms with Gasteiger partial charge in [-0.2, -0.15) is 9.97 Å². The zero-order valence-corrected chi connectivity index (χ0v) is 20.4. The number of hydrogen-bond donors (Lipinski definition) is 1. The first-order valence-corrected chi connectivity index (χ1v) is 11.3. The van der Waals surface area contributed by atoms with Crippen molar-refractivity contribution in [1.29, 1.82) is 0 Å². The van der Waals surface area contributed by atoms with Gasteiger partial charge in [0.15, 0.2) is 0 Å². The first-order chi connectivity index (χ1) is 16.0. The normalized spacial score (nSPS) is 16.6. The maximum atomic E-state index is 12.9. The van der Waals surface area contributed by atoms with Gasteiger partial charge in [-0.1, -0.05) is 13.3 Å². The molecule has 1 fully saturated rings. The van der Waals surface area contributed by atoms with E-state index in [0.29, 0.717) is 13.0 Å². The fourth-order valence-electron chi connectivity index (χ4n) is 3.36. The molecule has 34 heavy (non-hydrogen) atoms. The van der Waals surface area contributed by atoms with Crippen molar-refractivity contribution in [3.8, 4) is 6.01 Å². The third kappa shape index (κ3) is 7.06. The molecule has 13 nitrogen and oxygen atoms in total. The largest absolute Gasteiger partial charge is 0.464 e. The van der Waals surface area contributed by atoms with Gasteiger partial charge in [-0.25, -0.2) is 9.59 Å². The van der Waals surface area contributed by atoms with E-state index in [-0.39, 0.29) is 43.9 Å². The molecule has 1 saturated heterocycles. The van der Waals surface area contributed by atoms with Crippen molar-refractivity contribution in [2.45, 2.75) is 65.5 Å². The molecule has 1 atom stereocenters. The number of ether oxygens (including phenoxy) is 3. The van der Waals surface area contributed by atoms with E-state index in [4.69, 9.17) is 19.9 Å². The molecule has 0 saturated carbocycles. The average molecular weight is 483 g/mol. The molecule has 13 heteroatoms. The quantitative estimate of drug-likeness (QED) is 0.250. The molecular weight excluding hydrogens is 448 g/mol. The number of nitrogens with zero attached hydrogens (tertiary/aromatic N) is 5. The zero-order chi connectivity index (χ0) is 25.5. The number of aromatic nitrogens is 2. The van der Waals surface area contributed by atoms with Crippen molar-refractivity contribution in [1.82, 2.24) is 14.9 Å². The van der Waals surface area contributed by atoms with Crippen LogP contribution in [0, 0.1) is 10.1 Å². The van der Waals surface area contributed by atoms with Crippen molar-refractivity contribution in [3.05, 3.63) is 10.1 Å². The summed E-state index contributed by atoms with van der Waals surface area (Å²) in [5.41, 5.74) is 4.63. The lowest BCUT2D eigenvalue weighted by atomic mass is 10.2. The van der Waals surface area contributed by atoms with Crippen molar-refractivity contribution < 1.29 is 28.7 Å². The van der Waals surface area contributed by atoms with Crippen LogP contribution in [-0.2, 0) is 14.3 Å². The van der Waals surface area contributed by atoms with Gasteiger partial charge in [-0.3, -0.25) is 10.1 Å². The van der Waals surface area contributed by atoms with E-state index in [1.165, 1.54) is 9.80 Å². The van der Waals surface area contributed by atoms with Gasteiger partial charge >= 0.3 is 23.8 Å². The predicted molar refractivity (Wildman–Crippen MR) is 124 cm³/mol. The summed E-state index contributed by atoms with van der Waals surface area (Å²) >= 11 is 0. The second-order valence-corrected chi connectivity index (χ2v) is 8.76. The van der Waals surface area contributed by atoms with E-state index in [0.717, 1.165) is 12.8 Å². The van der Waals surface area contributed by atoms with E-state index < -0.39 is 34.3 Å². The molecule has 1 aliphatic heterocycles. The molecule has 2 N–H and O–H groups in total. The predicted octanol–water partition coefficient (Wildman–Crippen LogP) is 2.52. The van der Waals surface area contributed by atoms with Gasteiger partial charge in [0.2, 0.25) is 11.6 Å². The maximum Gasteiger partial charge on any atom is 0.410 e. The van der Waals surface area contributed by atoms with Crippen LogP contribution in [0.2, 0.25) is 0 Å². The van der Waals surface area contributed by atoms with Crippen LogP contribution in [0.1, 0.15) is 53.9 Å². The molecule has 1 unspecified atom stereocenters. The molecule has 1 aliphatic rings. The lowest BCUT2D eigenvalue weighted by Gasteiger charge is -2.31. The van der Waals surface area contributed by atoms with E-state index in [2.05, 4.69) is 9.97 Å². The molecule has 0 spiro atoms. The fourth-order valence-corrected chi connectivity index (χ4v) is 3.36. The van der Waals surface area contributed by atoms with Gasteiger partial charge in [0.05, 0.1) is 24.7 Å². The molecule has 0 aliphatic carbocycles. The minimum absolute atomic E-state index is 0.0923. The summed E-state index contributed by atoms with van der Waals surface area (Å²) in [6, 6.07) is -1.20. The summed E-state index contributed by atoms with van der Waals surface area (Å²) in [5, 5.41) is 11.9. The number of carbonyl (C=O) groups is 2. The molecule has 0 radical (unpaired) electrons. The molecule has 1 aromatic rings. The summed E-state index contributed by atoms with van der Waals surface area (Å²) in [7, 11) is 0. The molecule has 190 valence electrons. The Morgan fingerprint density at radius 1 is 1.24 bits per heavy atom. The smallest absolute Gasteiger partial charge is 0.410 e. The van der Waals surface area contributed by atoms with Gasteiger partial charge in [-0.15, -0.1) is 0 Å². The monoisotopic (exact) mass is 482 g/mol. The van der Waals surface area contributed by atoms with Crippen LogP contribution in [0.25, 0.3) is 0 Å². The van der Waals surface area contributed by atoms with Crippen LogP contribution in [0.5, 0.6) is 6.01 Å². The first kappa shape index (κ1) is 26.9. The fraction of sp³-hybridized carbons (Fsp3) is 0.714. The highest BCUT2D eigenvalue weighted by molar-refractivity contribution is 5.83. The van der Waals surface area contributed by atoms with Crippen molar-refractivity contribution in [2.24, 2.45) is 0 Å². The van der Waals surface area contributed by atoms with Crippen LogP contribution in [0.4, 0.5) is 22.1 Å². The zero-order valence-electron chi connectivity index (χ0n) is 20.4. The highest BCUT2D eigenvalue weighted by atomic mass is 16.6. The number of rotatable bonds is 8. The number of nitrogen functional groups attached to an aromatic ring is 1.